The highest BCUT2D eigenvalue weighted by Crippen LogP contribution is 2.26. The van der Waals surface area contributed by atoms with Crippen molar-refractivity contribution in [1.82, 2.24) is 15.1 Å². The first-order valence-electron chi connectivity index (χ1n) is 9.97. The van der Waals surface area contributed by atoms with Crippen molar-refractivity contribution < 1.29 is 14.3 Å². The molecule has 8 heteroatoms. The molecule has 2 aliphatic heterocycles. The Kier molecular flexibility index (Phi) is 10.9. The first kappa shape index (κ1) is 24.4. The number of hydrogen-bond acceptors (Lipinski definition) is 5. The van der Waals surface area contributed by atoms with Gasteiger partial charge in [-0.1, -0.05) is 0 Å². The quantitative estimate of drug-likeness (QED) is 0.263. The highest BCUT2D eigenvalue weighted by molar-refractivity contribution is 14.0. The Morgan fingerprint density at radius 3 is 2.63 bits per heavy atom. The second-order valence-electron chi connectivity index (χ2n) is 7.44. The largest absolute Gasteiger partial charge is 0.466 e. The van der Waals surface area contributed by atoms with Crippen molar-refractivity contribution in [3.05, 3.63) is 0 Å². The summed E-state index contributed by atoms with van der Waals surface area (Å²) >= 11 is 0. The van der Waals surface area contributed by atoms with Gasteiger partial charge in [-0.2, -0.15) is 0 Å². The molecule has 2 rings (SSSR count). The Labute approximate surface area is 181 Å². The van der Waals surface area contributed by atoms with Crippen molar-refractivity contribution in [1.29, 1.82) is 0 Å². The molecule has 2 aliphatic rings. The van der Waals surface area contributed by atoms with E-state index in [1.54, 1.807) is 0 Å². The highest BCUT2D eigenvalue weighted by atomic mass is 127. The van der Waals surface area contributed by atoms with Crippen LogP contribution in [0.1, 0.15) is 39.5 Å². The molecule has 0 aromatic rings. The second-order valence-corrected chi connectivity index (χ2v) is 7.44. The van der Waals surface area contributed by atoms with E-state index in [0.29, 0.717) is 13.2 Å². The van der Waals surface area contributed by atoms with Gasteiger partial charge in [-0.3, -0.25) is 9.79 Å². The highest BCUT2D eigenvalue weighted by Gasteiger charge is 2.35. The minimum absolute atomic E-state index is 0. The number of nitrogens with zero attached hydrogens (tertiary/aromatic N) is 3. The first-order valence-corrected chi connectivity index (χ1v) is 9.97. The van der Waals surface area contributed by atoms with Crippen LogP contribution in [0.15, 0.2) is 4.99 Å². The number of rotatable bonds is 6. The summed E-state index contributed by atoms with van der Waals surface area (Å²) in [5.41, 5.74) is 0.0508. The molecule has 2 saturated heterocycles. The van der Waals surface area contributed by atoms with Crippen LogP contribution < -0.4 is 5.32 Å². The van der Waals surface area contributed by atoms with Crippen LogP contribution in [-0.4, -0.2) is 87.4 Å². The molecule has 158 valence electrons. The van der Waals surface area contributed by atoms with Gasteiger partial charge in [0.1, 0.15) is 0 Å². The summed E-state index contributed by atoms with van der Waals surface area (Å²) in [5, 5.41) is 3.41. The fraction of sp³-hybridized carbons (Fsp3) is 0.895. The van der Waals surface area contributed by atoms with E-state index < -0.39 is 0 Å². The van der Waals surface area contributed by atoms with Crippen LogP contribution in [0.4, 0.5) is 0 Å². The number of piperidine rings is 1. The molecule has 0 aromatic carbocycles. The number of halogens is 1. The molecule has 2 heterocycles. The molecule has 0 spiro atoms. The summed E-state index contributed by atoms with van der Waals surface area (Å²) in [6, 6.07) is 0. The van der Waals surface area contributed by atoms with Crippen LogP contribution >= 0.6 is 24.0 Å². The van der Waals surface area contributed by atoms with Crippen LogP contribution in [0.3, 0.4) is 0 Å². The Morgan fingerprint density at radius 1 is 1.33 bits per heavy atom. The van der Waals surface area contributed by atoms with Gasteiger partial charge in [-0.05, 0) is 53.6 Å². The number of guanidine groups is 1. The second kappa shape index (κ2) is 12.1. The van der Waals surface area contributed by atoms with E-state index >= 15 is 0 Å². The van der Waals surface area contributed by atoms with E-state index in [9.17, 15) is 4.79 Å². The number of likely N-dealkylation sites (tertiary alicyclic amines) is 1. The molecule has 0 radical (unpaired) electrons. The van der Waals surface area contributed by atoms with Gasteiger partial charge in [0.2, 0.25) is 0 Å². The zero-order chi connectivity index (χ0) is 19.0. The molecule has 0 bridgehead atoms. The van der Waals surface area contributed by atoms with Crippen molar-refractivity contribution in [2.24, 2.45) is 10.9 Å². The summed E-state index contributed by atoms with van der Waals surface area (Å²) in [6.07, 6.45) is 3.87. The van der Waals surface area contributed by atoms with Crippen molar-refractivity contribution >= 4 is 35.9 Å². The van der Waals surface area contributed by atoms with Crippen LogP contribution in [0.5, 0.6) is 0 Å². The topological polar surface area (TPSA) is 66.4 Å². The minimum atomic E-state index is -0.0813. The summed E-state index contributed by atoms with van der Waals surface area (Å²) < 4.78 is 10.8. The SMILES string of the molecule is CCNC(=NCC1(N(C)C)CCOCC1)N1CCCC(C(=O)OCC)C1.I. The molecule has 0 saturated carbocycles. The average Bonchev–Trinajstić information content (AvgIpc) is 2.66. The Hall–Kier alpha value is -0.610. The number of ether oxygens (including phenoxy) is 2. The molecule has 0 amide bonds. The maximum Gasteiger partial charge on any atom is 0.310 e. The number of esters is 1. The van der Waals surface area contributed by atoms with E-state index in [-0.39, 0.29) is 41.4 Å². The molecule has 1 unspecified atom stereocenters. The fourth-order valence-electron chi connectivity index (χ4n) is 3.77. The molecule has 0 aromatic heterocycles. The third kappa shape index (κ3) is 6.74. The molecule has 2 fully saturated rings. The van der Waals surface area contributed by atoms with Gasteiger partial charge in [0.15, 0.2) is 5.96 Å². The van der Waals surface area contributed by atoms with Crippen molar-refractivity contribution in [3.63, 3.8) is 0 Å². The normalized spacial score (nSPS) is 22.9. The van der Waals surface area contributed by atoms with Gasteiger partial charge >= 0.3 is 5.97 Å². The first-order chi connectivity index (χ1) is 12.5. The Bertz CT molecular complexity index is 482. The predicted octanol–water partition coefficient (Wildman–Crippen LogP) is 1.96. The number of hydrogen-bond donors (Lipinski definition) is 1. The molecule has 1 N–H and O–H groups in total. The maximum atomic E-state index is 12.1. The van der Waals surface area contributed by atoms with Gasteiger partial charge in [-0.15, -0.1) is 24.0 Å². The van der Waals surface area contributed by atoms with Gasteiger partial charge in [0, 0.05) is 38.4 Å². The number of likely N-dealkylation sites (N-methyl/N-ethyl adjacent to an activating group) is 1. The van der Waals surface area contributed by atoms with Gasteiger partial charge in [0.05, 0.1) is 19.1 Å². The smallest absolute Gasteiger partial charge is 0.310 e. The molecule has 0 aliphatic carbocycles. The summed E-state index contributed by atoms with van der Waals surface area (Å²) in [6.45, 7) is 9.14. The van der Waals surface area contributed by atoms with Crippen LogP contribution in [0.2, 0.25) is 0 Å². The lowest BCUT2D eigenvalue weighted by atomic mass is 9.89. The lowest BCUT2D eigenvalue weighted by Crippen LogP contribution is -2.53. The van der Waals surface area contributed by atoms with Crippen molar-refractivity contribution in [2.75, 3.05) is 60.1 Å². The van der Waals surface area contributed by atoms with Gasteiger partial charge in [-0.25, -0.2) is 0 Å². The molecule has 7 nitrogen and oxygen atoms in total. The number of carbonyl (C=O) groups is 1. The third-order valence-electron chi connectivity index (χ3n) is 5.57. The van der Waals surface area contributed by atoms with E-state index in [0.717, 1.165) is 64.5 Å². The number of nitrogens with one attached hydrogen (secondary N) is 1. The van der Waals surface area contributed by atoms with E-state index in [4.69, 9.17) is 14.5 Å². The number of aliphatic imine (C=N–C) groups is 1. The van der Waals surface area contributed by atoms with Gasteiger partial charge in [0.25, 0.3) is 0 Å². The van der Waals surface area contributed by atoms with E-state index in [1.807, 2.05) is 6.92 Å². The zero-order valence-electron chi connectivity index (χ0n) is 17.3. The molecular formula is C19H37IN4O3. The van der Waals surface area contributed by atoms with E-state index in [1.165, 1.54) is 0 Å². The molecule has 1 atom stereocenters. The molecule has 27 heavy (non-hydrogen) atoms. The average molecular weight is 496 g/mol. The summed E-state index contributed by atoms with van der Waals surface area (Å²) in [5.74, 6) is 0.773. The lowest BCUT2D eigenvalue weighted by molar-refractivity contribution is -0.149. The Morgan fingerprint density at radius 2 is 2.04 bits per heavy atom. The monoisotopic (exact) mass is 496 g/mol. The van der Waals surface area contributed by atoms with Crippen LogP contribution in [-0.2, 0) is 14.3 Å². The third-order valence-corrected chi connectivity index (χ3v) is 5.57. The predicted molar refractivity (Wildman–Crippen MR) is 119 cm³/mol. The maximum absolute atomic E-state index is 12.1. The molecular weight excluding hydrogens is 459 g/mol. The Balaban J connectivity index is 0.00000364. The fourth-order valence-corrected chi connectivity index (χ4v) is 3.77. The minimum Gasteiger partial charge on any atom is -0.466 e. The summed E-state index contributed by atoms with van der Waals surface area (Å²) in [4.78, 5) is 21.6. The van der Waals surface area contributed by atoms with E-state index in [2.05, 4.69) is 36.1 Å². The van der Waals surface area contributed by atoms with Gasteiger partial charge < -0.3 is 24.6 Å². The van der Waals surface area contributed by atoms with Crippen molar-refractivity contribution in [2.45, 2.75) is 45.1 Å². The summed E-state index contributed by atoms with van der Waals surface area (Å²) in [7, 11) is 4.26. The lowest BCUT2D eigenvalue weighted by Gasteiger charge is -2.42. The standard InChI is InChI=1S/C19H36N4O3.HI/c1-5-20-18(21-15-19(22(3)4)9-12-25-13-10-19)23-11-7-8-16(14-23)17(24)26-6-2;/h16H,5-15H2,1-4H3,(H,20,21);1H. The number of carbonyl (C=O) groups excluding carboxylic acids is 1. The zero-order valence-corrected chi connectivity index (χ0v) is 19.7. The van der Waals surface area contributed by atoms with Crippen LogP contribution in [0.25, 0.3) is 0 Å². The van der Waals surface area contributed by atoms with Crippen LogP contribution in [0, 0.1) is 5.92 Å². The van der Waals surface area contributed by atoms with Crippen molar-refractivity contribution in [3.8, 4) is 0 Å².